The monoisotopic (exact) mass is 446 g/mol. The van der Waals surface area contributed by atoms with E-state index in [1.807, 2.05) is 6.07 Å². The van der Waals surface area contributed by atoms with Gasteiger partial charge in [-0.05, 0) is 62.4 Å². The zero-order chi connectivity index (χ0) is 18.2. The molecule has 0 spiro atoms. The zero-order valence-corrected chi connectivity index (χ0v) is 16.6. The van der Waals surface area contributed by atoms with E-state index in [2.05, 4.69) is 27.6 Å². The summed E-state index contributed by atoms with van der Waals surface area (Å²) in [4.78, 5) is 28.9. The number of carbonyl (C=O) groups excluding carboxylic acids is 2. The molecule has 0 aliphatic heterocycles. The van der Waals surface area contributed by atoms with E-state index in [1.54, 1.807) is 39.1 Å². The van der Waals surface area contributed by atoms with Crippen LogP contribution in [0.5, 0.6) is 5.88 Å². The fourth-order valence-electron chi connectivity index (χ4n) is 1.64. The van der Waals surface area contributed by atoms with Crippen molar-refractivity contribution in [3.8, 4) is 5.88 Å². The van der Waals surface area contributed by atoms with Gasteiger partial charge < -0.3 is 14.4 Å². The molecule has 0 unspecified atom stereocenters. The highest BCUT2D eigenvalue weighted by atomic mass is 127. The summed E-state index contributed by atoms with van der Waals surface area (Å²) in [5.74, 6) is 0.428. The number of aromatic nitrogens is 1. The lowest BCUT2D eigenvalue weighted by Crippen LogP contribution is -2.39. The Labute approximate surface area is 156 Å². The third-order valence-electron chi connectivity index (χ3n) is 2.64. The number of ketones is 1. The van der Waals surface area contributed by atoms with E-state index in [0.717, 1.165) is 3.57 Å². The number of pyridine rings is 1. The van der Waals surface area contributed by atoms with E-state index in [-0.39, 0.29) is 18.9 Å². The highest BCUT2D eigenvalue weighted by Gasteiger charge is 2.21. The molecule has 1 amide bonds. The number of allylic oxidation sites excluding steroid dienone is 1. The molecule has 0 saturated heterocycles. The standard InChI is InChI=1S/C17H23IN2O4/c1-13(21)6-5-9-20(16(22)24-17(2,3)4)10-11-23-15-8-7-14(18)12-19-15/h5-8,12H,9-11H2,1-4H3/b6-5+. The molecule has 0 N–H and O–H groups in total. The summed E-state index contributed by atoms with van der Waals surface area (Å²) in [5.41, 5.74) is -0.585. The van der Waals surface area contributed by atoms with Crippen molar-refractivity contribution in [1.29, 1.82) is 0 Å². The second kappa shape index (κ2) is 9.61. The van der Waals surface area contributed by atoms with Crippen molar-refractivity contribution in [3.05, 3.63) is 34.1 Å². The van der Waals surface area contributed by atoms with Gasteiger partial charge in [-0.25, -0.2) is 9.78 Å². The molecule has 0 fully saturated rings. The van der Waals surface area contributed by atoms with Gasteiger partial charge in [0, 0.05) is 22.4 Å². The maximum atomic E-state index is 12.2. The van der Waals surface area contributed by atoms with E-state index >= 15 is 0 Å². The molecule has 1 aromatic heterocycles. The molecule has 24 heavy (non-hydrogen) atoms. The van der Waals surface area contributed by atoms with Gasteiger partial charge in [0.05, 0.1) is 6.54 Å². The normalized spacial score (nSPS) is 11.4. The Bertz CT molecular complexity index is 579. The first-order chi connectivity index (χ1) is 11.2. The van der Waals surface area contributed by atoms with E-state index < -0.39 is 11.7 Å². The molecular weight excluding hydrogens is 423 g/mol. The van der Waals surface area contributed by atoms with Crippen LogP contribution < -0.4 is 4.74 Å². The summed E-state index contributed by atoms with van der Waals surface area (Å²) >= 11 is 2.16. The third kappa shape index (κ3) is 8.85. The van der Waals surface area contributed by atoms with Crippen LogP contribution in [-0.2, 0) is 9.53 Å². The summed E-state index contributed by atoms with van der Waals surface area (Å²) in [6, 6.07) is 3.67. The van der Waals surface area contributed by atoms with Crippen molar-refractivity contribution in [2.24, 2.45) is 0 Å². The summed E-state index contributed by atoms with van der Waals surface area (Å²) in [5, 5.41) is 0. The first-order valence-corrected chi connectivity index (χ1v) is 8.64. The molecule has 0 atom stereocenters. The Morgan fingerprint density at radius 1 is 1.33 bits per heavy atom. The van der Waals surface area contributed by atoms with Crippen LogP contribution in [0.25, 0.3) is 0 Å². The van der Waals surface area contributed by atoms with Crippen LogP contribution in [0, 0.1) is 3.57 Å². The fraction of sp³-hybridized carbons (Fsp3) is 0.471. The molecule has 7 heteroatoms. The zero-order valence-electron chi connectivity index (χ0n) is 14.4. The van der Waals surface area contributed by atoms with Crippen LogP contribution in [0.4, 0.5) is 4.79 Å². The van der Waals surface area contributed by atoms with Gasteiger partial charge in [0.1, 0.15) is 12.2 Å². The van der Waals surface area contributed by atoms with Crippen LogP contribution in [-0.4, -0.2) is 47.1 Å². The third-order valence-corrected chi connectivity index (χ3v) is 3.28. The van der Waals surface area contributed by atoms with Gasteiger partial charge in [0.2, 0.25) is 5.88 Å². The molecule has 6 nitrogen and oxygen atoms in total. The number of amides is 1. The number of ether oxygens (including phenoxy) is 2. The summed E-state index contributed by atoms with van der Waals surface area (Å²) < 4.78 is 11.9. The topological polar surface area (TPSA) is 68.7 Å². The van der Waals surface area contributed by atoms with Crippen LogP contribution in [0.15, 0.2) is 30.5 Å². The molecule has 1 heterocycles. The molecule has 0 saturated carbocycles. The minimum absolute atomic E-state index is 0.0709. The number of halogens is 1. The molecule has 0 bridgehead atoms. The van der Waals surface area contributed by atoms with Gasteiger partial charge in [-0.3, -0.25) is 4.79 Å². The molecule has 0 radical (unpaired) electrons. The van der Waals surface area contributed by atoms with Crippen LogP contribution >= 0.6 is 22.6 Å². The number of carbonyl (C=O) groups is 2. The Morgan fingerprint density at radius 3 is 2.58 bits per heavy atom. The van der Waals surface area contributed by atoms with Crippen molar-refractivity contribution < 1.29 is 19.1 Å². The number of rotatable bonds is 7. The van der Waals surface area contributed by atoms with Gasteiger partial charge in [-0.2, -0.15) is 0 Å². The minimum Gasteiger partial charge on any atom is -0.476 e. The number of hydrogen-bond donors (Lipinski definition) is 0. The number of hydrogen-bond acceptors (Lipinski definition) is 5. The predicted octanol–water partition coefficient (Wildman–Crippen LogP) is 3.45. The Kier molecular flexibility index (Phi) is 8.17. The quantitative estimate of drug-likeness (QED) is 0.474. The van der Waals surface area contributed by atoms with Crippen LogP contribution in [0.3, 0.4) is 0 Å². The van der Waals surface area contributed by atoms with E-state index in [4.69, 9.17) is 9.47 Å². The van der Waals surface area contributed by atoms with Crippen molar-refractivity contribution >= 4 is 34.5 Å². The van der Waals surface area contributed by atoms with Gasteiger partial charge in [-0.1, -0.05) is 6.08 Å². The maximum Gasteiger partial charge on any atom is 0.410 e. The average molecular weight is 446 g/mol. The Balaban J connectivity index is 2.61. The van der Waals surface area contributed by atoms with Gasteiger partial charge in [0.25, 0.3) is 0 Å². The lowest BCUT2D eigenvalue weighted by atomic mass is 10.2. The first-order valence-electron chi connectivity index (χ1n) is 7.57. The minimum atomic E-state index is -0.585. The van der Waals surface area contributed by atoms with Crippen molar-refractivity contribution in [2.45, 2.75) is 33.3 Å². The van der Waals surface area contributed by atoms with E-state index in [1.165, 1.54) is 17.9 Å². The summed E-state index contributed by atoms with van der Waals surface area (Å²) in [7, 11) is 0. The van der Waals surface area contributed by atoms with Crippen LogP contribution in [0.2, 0.25) is 0 Å². The Morgan fingerprint density at radius 2 is 2.04 bits per heavy atom. The SMILES string of the molecule is CC(=O)/C=C/CN(CCOc1ccc(I)cn1)C(=O)OC(C)(C)C. The second-order valence-corrected chi connectivity index (χ2v) is 7.35. The smallest absolute Gasteiger partial charge is 0.410 e. The highest BCUT2D eigenvalue weighted by molar-refractivity contribution is 14.1. The average Bonchev–Trinajstić information content (AvgIpc) is 2.45. The number of nitrogens with zero attached hydrogens (tertiary/aromatic N) is 2. The second-order valence-electron chi connectivity index (χ2n) is 6.10. The molecule has 1 rings (SSSR count). The molecule has 1 aromatic rings. The van der Waals surface area contributed by atoms with E-state index in [0.29, 0.717) is 12.4 Å². The summed E-state index contributed by atoms with van der Waals surface area (Å²) in [6.07, 6.45) is 4.32. The fourth-order valence-corrected chi connectivity index (χ4v) is 1.96. The largest absolute Gasteiger partial charge is 0.476 e. The first kappa shape index (κ1) is 20.4. The Hall–Kier alpha value is -1.64. The van der Waals surface area contributed by atoms with Gasteiger partial charge >= 0.3 is 6.09 Å². The molecule has 0 aliphatic rings. The molecule has 132 valence electrons. The van der Waals surface area contributed by atoms with Crippen molar-refractivity contribution in [2.75, 3.05) is 19.7 Å². The highest BCUT2D eigenvalue weighted by Crippen LogP contribution is 2.11. The summed E-state index contributed by atoms with van der Waals surface area (Å²) in [6.45, 7) is 7.75. The molecule has 0 aromatic carbocycles. The molecule has 0 aliphatic carbocycles. The lowest BCUT2D eigenvalue weighted by molar-refractivity contribution is -0.112. The molecular formula is C17H23IN2O4. The van der Waals surface area contributed by atoms with Crippen molar-refractivity contribution in [3.63, 3.8) is 0 Å². The predicted molar refractivity (Wildman–Crippen MR) is 100 cm³/mol. The van der Waals surface area contributed by atoms with Gasteiger partial charge in [0.15, 0.2) is 5.78 Å². The lowest BCUT2D eigenvalue weighted by Gasteiger charge is -2.26. The van der Waals surface area contributed by atoms with Gasteiger partial charge in [-0.15, -0.1) is 0 Å². The van der Waals surface area contributed by atoms with E-state index in [9.17, 15) is 9.59 Å². The maximum absolute atomic E-state index is 12.2. The van der Waals surface area contributed by atoms with Crippen LogP contribution in [0.1, 0.15) is 27.7 Å². The van der Waals surface area contributed by atoms with Crippen molar-refractivity contribution in [1.82, 2.24) is 9.88 Å².